The third-order valence-electron chi connectivity index (χ3n) is 6.58. The van der Waals surface area contributed by atoms with Gasteiger partial charge >= 0.3 is 0 Å². The van der Waals surface area contributed by atoms with Crippen molar-refractivity contribution in [2.75, 3.05) is 18.0 Å². The summed E-state index contributed by atoms with van der Waals surface area (Å²) in [6.07, 6.45) is 4.55. The smallest absolute Gasteiger partial charge is 0.264 e. The van der Waals surface area contributed by atoms with E-state index in [1.165, 1.54) is 24.3 Å². The molecule has 166 valence electrons. The van der Waals surface area contributed by atoms with Crippen molar-refractivity contribution in [1.82, 2.24) is 5.32 Å². The molecule has 1 N–H and O–H groups in total. The monoisotopic (exact) mass is 442 g/mol. The third kappa shape index (κ3) is 4.42. The number of sulfonamides is 1. The van der Waals surface area contributed by atoms with E-state index in [9.17, 15) is 13.2 Å². The summed E-state index contributed by atoms with van der Waals surface area (Å²) < 4.78 is 33.8. The maximum Gasteiger partial charge on any atom is 0.264 e. The van der Waals surface area contributed by atoms with E-state index in [1.807, 2.05) is 19.9 Å². The van der Waals surface area contributed by atoms with Gasteiger partial charge in [-0.2, -0.15) is 0 Å². The molecule has 2 saturated carbocycles. The first-order chi connectivity index (χ1) is 14.8. The normalized spacial score (nSPS) is 22.4. The molecule has 2 aromatic carbocycles. The highest BCUT2D eigenvalue weighted by atomic mass is 32.2. The summed E-state index contributed by atoms with van der Waals surface area (Å²) in [4.78, 5) is 13.2. The molecule has 6 nitrogen and oxygen atoms in total. The van der Waals surface area contributed by atoms with Crippen molar-refractivity contribution in [2.24, 2.45) is 11.8 Å². The van der Waals surface area contributed by atoms with Crippen LogP contribution in [0.25, 0.3) is 0 Å². The molecule has 31 heavy (non-hydrogen) atoms. The molecule has 1 amide bonds. The van der Waals surface area contributed by atoms with Crippen molar-refractivity contribution < 1.29 is 17.9 Å². The number of amides is 1. The molecule has 7 heteroatoms. The second-order valence-corrected chi connectivity index (χ2v) is 10.7. The zero-order valence-corrected chi connectivity index (χ0v) is 19.1. The van der Waals surface area contributed by atoms with Crippen LogP contribution in [0.2, 0.25) is 0 Å². The van der Waals surface area contributed by atoms with E-state index in [4.69, 9.17) is 4.74 Å². The summed E-state index contributed by atoms with van der Waals surface area (Å²) in [6, 6.07) is 12.2. The van der Waals surface area contributed by atoms with Gasteiger partial charge < -0.3 is 10.1 Å². The quantitative estimate of drug-likeness (QED) is 0.707. The van der Waals surface area contributed by atoms with Gasteiger partial charge in [-0.1, -0.05) is 30.2 Å². The van der Waals surface area contributed by atoms with Crippen LogP contribution in [0.3, 0.4) is 0 Å². The standard InChI is InChI=1S/C24H30N2O4S/c1-16-4-9-20(10-5-16)31(28,29)26(22-12-17(2)6-11-23(22)30-3)15-24(27)25-21-14-18-7-8-19(21)13-18/h4-6,9-12,18-19,21H,7-8,13-15H2,1-3H3,(H,25,27)/t18-,19-,21+/m0/s1. The van der Waals surface area contributed by atoms with Gasteiger partial charge in [0.15, 0.2) is 0 Å². The molecule has 0 radical (unpaired) electrons. The first-order valence-corrected chi connectivity index (χ1v) is 12.3. The van der Waals surface area contributed by atoms with Crippen molar-refractivity contribution >= 4 is 21.6 Å². The van der Waals surface area contributed by atoms with Gasteiger partial charge in [0.1, 0.15) is 12.3 Å². The van der Waals surface area contributed by atoms with Crippen molar-refractivity contribution in [2.45, 2.75) is 50.5 Å². The van der Waals surface area contributed by atoms with Crippen LogP contribution in [0.15, 0.2) is 47.4 Å². The number of nitrogens with zero attached hydrogens (tertiary/aromatic N) is 1. The molecule has 3 atom stereocenters. The minimum atomic E-state index is -3.97. The number of hydrogen-bond donors (Lipinski definition) is 1. The highest BCUT2D eigenvalue weighted by molar-refractivity contribution is 7.92. The van der Waals surface area contributed by atoms with E-state index in [1.54, 1.807) is 36.4 Å². The van der Waals surface area contributed by atoms with Gasteiger partial charge in [0, 0.05) is 6.04 Å². The Balaban J connectivity index is 1.66. The van der Waals surface area contributed by atoms with E-state index < -0.39 is 10.0 Å². The zero-order chi connectivity index (χ0) is 22.2. The number of ether oxygens (including phenoxy) is 1. The number of carbonyl (C=O) groups is 1. The molecule has 2 aliphatic carbocycles. The molecule has 2 aromatic rings. The molecular formula is C24H30N2O4S. The lowest BCUT2D eigenvalue weighted by Crippen LogP contribution is -2.46. The van der Waals surface area contributed by atoms with Crippen LogP contribution in [0.4, 0.5) is 5.69 Å². The Morgan fingerprint density at radius 2 is 1.77 bits per heavy atom. The summed E-state index contributed by atoms with van der Waals surface area (Å²) in [5.41, 5.74) is 2.22. The summed E-state index contributed by atoms with van der Waals surface area (Å²) in [6.45, 7) is 3.50. The van der Waals surface area contributed by atoms with Crippen molar-refractivity contribution in [1.29, 1.82) is 0 Å². The Morgan fingerprint density at radius 1 is 1.06 bits per heavy atom. The lowest BCUT2D eigenvalue weighted by molar-refractivity contribution is -0.120. The molecule has 0 unspecified atom stereocenters. The second kappa shape index (κ2) is 8.54. The van der Waals surface area contributed by atoms with Gasteiger partial charge in [0.2, 0.25) is 5.91 Å². The van der Waals surface area contributed by atoms with Crippen LogP contribution < -0.4 is 14.4 Å². The highest BCUT2D eigenvalue weighted by Gasteiger charge is 2.40. The number of nitrogens with one attached hydrogen (secondary N) is 1. The van der Waals surface area contributed by atoms with Crippen LogP contribution in [-0.4, -0.2) is 34.0 Å². The van der Waals surface area contributed by atoms with E-state index in [0.29, 0.717) is 23.3 Å². The SMILES string of the molecule is COc1ccc(C)cc1N(CC(=O)N[C@@H]1C[C@H]2CC[C@H]1C2)S(=O)(=O)c1ccc(C)cc1. The Hall–Kier alpha value is -2.54. The minimum absolute atomic E-state index is 0.148. The highest BCUT2D eigenvalue weighted by Crippen LogP contribution is 2.44. The molecule has 2 aliphatic rings. The van der Waals surface area contributed by atoms with Gasteiger partial charge in [-0.25, -0.2) is 8.42 Å². The lowest BCUT2D eigenvalue weighted by Gasteiger charge is -2.28. The maximum atomic E-state index is 13.6. The Kier molecular flexibility index (Phi) is 5.97. The number of hydrogen-bond acceptors (Lipinski definition) is 4. The van der Waals surface area contributed by atoms with Gasteiger partial charge in [0.25, 0.3) is 10.0 Å². The molecule has 0 saturated heterocycles. The summed E-state index contributed by atoms with van der Waals surface area (Å²) in [5, 5.41) is 3.11. The number of methoxy groups -OCH3 is 1. The van der Waals surface area contributed by atoms with E-state index >= 15 is 0 Å². The molecule has 2 fully saturated rings. The van der Waals surface area contributed by atoms with Crippen molar-refractivity contribution in [3.8, 4) is 5.75 Å². The molecule has 0 spiro atoms. The average Bonchev–Trinajstić information content (AvgIpc) is 3.35. The van der Waals surface area contributed by atoms with E-state index in [0.717, 1.165) is 24.0 Å². The molecule has 2 bridgehead atoms. The Labute approximate surface area is 184 Å². The van der Waals surface area contributed by atoms with Gasteiger partial charge in [-0.05, 0) is 74.8 Å². The van der Waals surface area contributed by atoms with Gasteiger partial charge in [-0.15, -0.1) is 0 Å². The number of aryl methyl sites for hydroxylation is 2. The molecular weight excluding hydrogens is 412 g/mol. The number of benzene rings is 2. The summed E-state index contributed by atoms with van der Waals surface area (Å²) in [7, 11) is -2.47. The molecule has 4 rings (SSSR count). The fraction of sp³-hybridized carbons (Fsp3) is 0.458. The molecule has 0 aliphatic heterocycles. The number of rotatable bonds is 7. The number of fused-ring (bicyclic) bond motifs is 2. The Bertz CT molecular complexity index is 1070. The zero-order valence-electron chi connectivity index (χ0n) is 18.3. The topological polar surface area (TPSA) is 75.7 Å². The molecule has 0 heterocycles. The predicted octanol–water partition coefficient (Wildman–Crippen LogP) is 3.81. The fourth-order valence-electron chi connectivity index (χ4n) is 4.94. The van der Waals surface area contributed by atoms with Gasteiger partial charge in [-0.3, -0.25) is 9.10 Å². The summed E-state index contributed by atoms with van der Waals surface area (Å²) >= 11 is 0. The number of carbonyl (C=O) groups excluding carboxylic acids is 1. The molecule has 0 aromatic heterocycles. The van der Waals surface area contributed by atoms with Gasteiger partial charge in [0.05, 0.1) is 17.7 Å². The van der Waals surface area contributed by atoms with E-state index in [-0.39, 0.29) is 23.4 Å². The van der Waals surface area contributed by atoms with E-state index in [2.05, 4.69) is 5.32 Å². The maximum absolute atomic E-state index is 13.6. The van der Waals surface area contributed by atoms with Crippen LogP contribution >= 0.6 is 0 Å². The van der Waals surface area contributed by atoms with Crippen LogP contribution in [0, 0.1) is 25.7 Å². The third-order valence-corrected chi connectivity index (χ3v) is 8.36. The van der Waals surface area contributed by atoms with Crippen molar-refractivity contribution in [3.63, 3.8) is 0 Å². The average molecular weight is 443 g/mol. The minimum Gasteiger partial charge on any atom is -0.495 e. The predicted molar refractivity (Wildman–Crippen MR) is 121 cm³/mol. The summed E-state index contributed by atoms with van der Waals surface area (Å²) in [5.74, 6) is 1.34. The number of anilines is 1. The fourth-order valence-corrected chi connectivity index (χ4v) is 6.36. The van der Waals surface area contributed by atoms with Crippen LogP contribution in [0.5, 0.6) is 5.75 Å². The Morgan fingerprint density at radius 3 is 2.39 bits per heavy atom. The largest absolute Gasteiger partial charge is 0.495 e. The lowest BCUT2D eigenvalue weighted by atomic mass is 9.95. The van der Waals surface area contributed by atoms with Crippen LogP contribution in [-0.2, 0) is 14.8 Å². The first-order valence-electron chi connectivity index (χ1n) is 10.8. The first kappa shape index (κ1) is 21.7. The second-order valence-electron chi connectivity index (χ2n) is 8.85. The van der Waals surface area contributed by atoms with Crippen molar-refractivity contribution in [3.05, 3.63) is 53.6 Å². The van der Waals surface area contributed by atoms with Crippen LogP contribution in [0.1, 0.15) is 36.8 Å².